The van der Waals surface area contributed by atoms with E-state index in [1.807, 2.05) is 41.3 Å². The molecule has 2 aliphatic rings. The zero-order valence-electron chi connectivity index (χ0n) is 14.6. The van der Waals surface area contributed by atoms with Crippen molar-refractivity contribution in [3.63, 3.8) is 0 Å². The molecule has 1 aliphatic carbocycles. The molecular weight excluding hydrogens is 328 g/mol. The Morgan fingerprint density at radius 3 is 2.31 bits per heavy atom. The van der Waals surface area contributed by atoms with Gasteiger partial charge in [0.15, 0.2) is 0 Å². The Kier molecular flexibility index (Phi) is 4.56. The maximum absolute atomic E-state index is 12.3. The Hall–Kier alpha value is -2.89. The van der Waals surface area contributed by atoms with Gasteiger partial charge in [-0.1, -0.05) is 6.07 Å². The van der Waals surface area contributed by atoms with Crippen LogP contribution in [0.4, 0.5) is 11.5 Å². The van der Waals surface area contributed by atoms with Crippen LogP contribution in [-0.4, -0.2) is 47.9 Å². The molecule has 1 aromatic heterocycles. The maximum Gasteiger partial charge on any atom is 0.256 e. The summed E-state index contributed by atoms with van der Waals surface area (Å²) in [4.78, 5) is 32.8. The van der Waals surface area contributed by atoms with Crippen molar-refractivity contribution in [2.45, 2.75) is 12.8 Å². The molecule has 0 bridgehead atoms. The van der Waals surface area contributed by atoms with Gasteiger partial charge in [-0.2, -0.15) is 0 Å². The smallest absolute Gasteiger partial charge is 0.256 e. The summed E-state index contributed by atoms with van der Waals surface area (Å²) in [5.74, 6) is 0.984. The number of anilines is 2. The van der Waals surface area contributed by atoms with Gasteiger partial charge in [-0.25, -0.2) is 4.98 Å². The third-order valence-electron chi connectivity index (χ3n) is 4.92. The van der Waals surface area contributed by atoms with Crippen molar-refractivity contribution >= 4 is 23.3 Å². The van der Waals surface area contributed by atoms with E-state index in [0.717, 1.165) is 44.7 Å². The second-order valence-electron chi connectivity index (χ2n) is 6.80. The van der Waals surface area contributed by atoms with Crippen molar-refractivity contribution < 1.29 is 9.59 Å². The normalized spacial score (nSPS) is 17.1. The number of piperazine rings is 1. The highest BCUT2D eigenvalue weighted by molar-refractivity contribution is 6.03. The topological polar surface area (TPSA) is 65.5 Å². The van der Waals surface area contributed by atoms with Gasteiger partial charge in [0.1, 0.15) is 5.82 Å². The molecule has 2 heterocycles. The minimum Gasteiger partial charge on any atom is -0.368 e. The molecule has 1 saturated heterocycles. The molecule has 6 heteroatoms. The van der Waals surface area contributed by atoms with Crippen LogP contribution in [-0.2, 0) is 4.79 Å². The Labute approximate surface area is 152 Å². The summed E-state index contributed by atoms with van der Waals surface area (Å²) in [6.07, 6.45) is 3.76. The van der Waals surface area contributed by atoms with E-state index in [4.69, 9.17) is 0 Å². The van der Waals surface area contributed by atoms with E-state index in [9.17, 15) is 9.59 Å². The molecule has 134 valence electrons. The quantitative estimate of drug-likeness (QED) is 0.920. The molecule has 2 aromatic rings. The molecule has 1 N–H and O–H groups in total. The first-order valence-corrected chi connectivity index (χ1v) is 9.07. The number of amides is 2. The minimum atomic E-state index is -0.171. The number of benzene rings is 1. The van der Waals surface area contributed by atoms with Crippen LogP contribution in [0, 0.1) is 5.92 Å². The molecule has 1 saturated carbocycles. The highest BCUT2D eigenvalue weighted by atomic mass is 16.2. The zero-order chi connectivity index (χ0) is 17.9. The van der Waals surface area contributed by atoms with Crippen molar-refractivity contribution in [1.82, 2.24) is 9.88 Å². The van der Waals surface area contributed by atoms with Crippen LogP contribution in [0.1, 0.15) is 23.2 Å². The number of hydrogen-bond donors (Lipinski definition) is 1. The highest BCUT2D eigenvalue weighted by Gasteiger charge is 2.34. The van der Waals surface area contributed by atoms with Crippen LogP contribution >= 0.6 is 0 Å². The Bertz CT molecular complexity index is 779. The molecule has 26 heavy (non-hydrogen) atoms. The lowest BCUT2D eigenvalue weighted by Crippen LogP contribution is -2.49. The fourth-order valence-corrected chi connectivity index (χ4v) is 3.22. The van der Waals surface area contributed by atoms with E-state index >= 15 is 0 Å². The summed E-state index contributed by atoms with van der Waals surface area (Å²) in [6, 6.07) is 13.0. The van der Waals surface area contributed by atoms with E-state index < -0.39 is 0 Å². The average Bonchev–Trinajstić information content (AvgIpc) is 3.54. The van der Waals surface area contributed by atoms with Gasteiger partial charge in [-0.15, -0.1) is 0 Å². The van der Waals surface area contributed by atoms with Gasteiger partial charge in [-0.3, -0.25) is 9.59 Å². The van der Waals surface area contributed by atoms with Crippen LogP contribution in [0.15, 0.2) is 48.7 Å². The summed E-state index contributed by atoms with van der Waals surface area (Å²) in [5, 5.41) is 2.78. The van der Waals surface area contributed by atoms with E-state index in [0.29, 0.717) is 23.2 Å². The first-order valence-electron chi connectivity index (χ1n) is 9.07. The maximum atomic E-state index is 12.3. The summed E-state index contributed by atoms with van der Waals surface area (Å²) in [6.45, 7) is 3.21. The fourth-order valence-electron chi connectivity index (χ4n) is 3.22. The predicted molar refractivity (Wildman–Crippen MR) is 100 cm³/mol. The van der Waals surface area contributed by atoms with Gasteiger partial charge in [-0.05, 0) is 49.2 Å². The molecule has 1 aromatic carbocycles. The zero-order valence-corrected chi connectivity index (χ0v) is 14.6. The monoisotopic (exact) mass is 350 g/mol. The van der Waals surface area contributed by atoms with Gasteiger partial charge >= 0.3 is 0 Å². The van der Waals surface area contributed by atoms with Gasteiger partial charge in [0.2, 0.25) is 5.91 Å². The molecule has 6 nitrogen and oxygen atoms in total. The van der Waals surface area contributed by atoms with Gasteiger partial charge in [0, 0.05) is 49.5 Å². The van der Waals surface area contributed by atoms with Gasteiger partial charge in [0.05, 0.1) is 0 Å². The summed E-state index contributed by atoms with van der Waals surface area (Å²) in [7, 11) is 0. The Morgan fingerprint density at radius 1 is 0.962 bits per heavy atom. The lowest BCUT2D eigenvalue weighted by atomic mass is 10.1. The minimum absolute atomic E-state index is 0.171. The number of carbonyl (C=O) groups excluding carboxylic acids is 2. The van der Waals surface area contributed by atoms with Crippen molar-refractivity contribution in [1.29, 1.82) is 0 Å². The third kappa shape index (κ3) is 3.69. The average molecular weight is 350 g/mol. The second kappa shape index (κ2) is 7.15. The molecule has 0 unspecified atom stereocenters. The largest absolute Gasteiger partial charge is 0.368 e. The first kappa shape index (κ1) is 16.6. The Balaban J connectivity index is 1.34. The third-order valence-corrected chi connectivity index (χ3v) is 4.92. The number of nitrogens with one attached hydrogen (secondary N) is 1. The van der Waals surface area contributed by atoms with E-state index in [1.54, 1.807) is 12.3 Å². The van der Waals surface area contributed by atoms with Crippen LogP contribution in [0.3, 0.4) is 0 Å². The fraction of sp³-hybridized carbons (Fsp3) is 0.350. The van der Waals surface area contributed by atoms with E-state index in [1.165, 1.54) is 0 Å². The molecule has 2 amide bonds. The number of carbonyl (C=O) groups is 2. The van der Waals surface area contributed by atoms with Crippen LogP contribution in [0.5, 0.6) is 0 Å². The highest BCUT2D eigenvalue weighted by Crippen LogP contribution is 2.31. The molecule has 2 fully saturated rings. The summed E-state index contributed by atoms with van der Waals surface area (Å²) in [5.41, 5.74) is 1.68. The standard InChI is InChI=1S/C20H22N4O2/c25-19(22-18-3-1-2-10-21-18)15-6-8-17(9-7-15)23-11-13-24(14-12-23)20(26)16-4-5-16/h1-3,6-10,16H,4-5,11-14H2,(H,21,22,25). The van der Waals surface area contributed by atoms with Crippen molar-refractivity contribution in [2.75, 3.05) is 36.4 Å². The molecule has 0 atom stereocenters. The van der Waals surface area contributed by atoms with E-state index in [2.05, 4.69) is 15.2 Å². The number of aromatic nitrogens is 1. The van der Waals surface area contributed by atoms with E-state index in [-0.39, 0.29) is 5.91 Å². The number of nitrogens with zero attached hydrogens (tertiary/aromatic N) is 3. The summed E-state index contributed by atoms with van der Waals surface area (Å²) < 4.78 is 0. The predicted octanol–water partition coefficient (Wildman–Crippen LogP) is 2.39. The van der Waals surface area contributed by atoms with Crippen LogP contribution in [0.25, 0.3) is 0 Å². The molecule has 0 radical (unpaired) electrons. The van der Waals surface area contributed by atoms with Crippen molar-refractivity contribution in [2.24, 2.45) is 5.92 Å². The number of rotatable bonds is 4. The molecule has 1 aliphatic heterocycles. The van der Waals surface area contributed by atoms with Crippen LogP contribution in [0.2, 0.25) is 0 Å². The molecule has 4 rings (SSSR count). The number of hydrogen-bond acceptors (Lipinski definition) is 4. The van der Waals surface area contributed by atoms with Crippen molar-refractivity contribution in [3.05, 3.63) is 54.2 Å². The van der Waals surface area contributed by atoms with Crippen molar-refractivity contribution in [3.8, 4) is 0 Å². The lowest BCUT2D eigenvalue weighted by Gasteiger charge is -2.36. The van der Waals surface area contributed by atoms with Gasteiger partial charge < -0.3 is 15.1 Å². The second-order valence-corrected chi connectivity index (χ2v) is 6.80. The molecule has 0 spiro atoms. The number of pyridine rings is 1. The Morgan fingerprint density at radius 2 is 1.69 bits per heavy atom. The molecular formula is C20H22N4O2. The van der Waals surface area contributed by atoms with Crippen LogP contribution < -0.4 is 10.2 Å². The summed E-state index contributed by atoms with van der Waals surface area (Å²) >= 11 is 0. The lowest BCUT2D eigenvalue weighted by molar-refractivity contribution is -0.132. The SMILES string of the molecule is O=C(Nc1ccccn1)c1ccc(N2CCN(C(=O)C3CC3)CC2)cc1. The van der Waals surface area contributed by atoms with Gasteiger partial charge in [0.25, 0.3) is 5.91 Å². The first-order chi connectivity index (χ1) is 12.7.